The third-order valence-electron chi connectivity index (χ3n) is 5.86. The fraction of sp³-hybridized carbons (Fsp3) is 0.296. The van der Waals surface area contributed by atoms with E-state index in [9.17, 15) is 0 Å². The van der Waals surface area contributed by atoms with Crippen LogP contribution in [0, 0.1) is 13.8 Å². The molecule has 0 spiro atoms. The number of rotatable bonds is 6. The molecule has 31 heavy (non-hydrogen) atoms. The minimum Gasteiger partial charge on any atom is -0.490 e. The molecule has 1 saturated carbocycles. The van der Waals surface area contributed by atoms with Crippen LogP contribution in [-0.2, 0) is 0 Å². The number of thiocarbonyl (C=S) groups is 1. The van der Waals surface area contributed by atoms with Crippen molar-refractivity contribution in [1.29, 1.82) is 0 Å². The highest BCUT2D eigenvalue weighted by molar-refractivity contribution is 7.80. The first-order valence-corrected chi connectivity index (χ1v) is 11.5. The van der Waals surface area contributed by atoms with Gasteiger partial charge in [-0.1, -0.05) is 54.1 Å². The van der Waals surface area contributed by atoms with Gasteiger partial charge in [0.05, 0.1) is 12.1 Å². The van der Waals surface area contributed by atoms with Crippen LogP contribution in [0.2, 0.25) is 0 Å². The van der Waals surface area contributed by atoms with Crippen LogP contribution in [0.1, 0.15) is 54.0 Å². The lowest BCUT2D eigenvalue weighted by Crippen LogP contribution is -2.33. The summed E-state index contributed by atoms with van der Waals surface area (Å²) >= 11 is 5.68. The van der Waals surface area contributed by atoms with Crippen LogP contribution in [0.15, 0.2) is 72.8 Å². The monoisotopic (exact) mass is 430 g/mol. The molecule has 1 aliphatic carbocycles. The lowest BCUT2D eigenvalue weighted by Gasteiger charge is -2.24. The topological polar surface area (TPSA) is 33.3 Å². The van der Waals surface area contributed by atoms with Crippen molar-refractivity contribution in [2.75, 3.05) is 5.32 Å². The molecule has 160 valence electrons. The fourth-order valence-corrected chi connectivity index (χ4v) is 4.49. The van der Waals surface area contributed by atoms with Crippen molar-refractivity contribution in [2.45, 2.75) is 51.7 Å². The van der Waals surface area contributed by atoms with Gasteiger partial charge in [0.1, 0.15) is 5.75 Å². The molecule has 2 N–H and O–H groups in total. The number of ether oxygens (including phenoxy) is 1. The van der Waals surface area contributed by atoms with Gasteiger partial charge < -0.3 is 15.4 Å². The highest BCUT2D eigenvalue weighted by atomic mass is 32.1. The average molecular weight is 431 g/mol. The van der Waals surface area contributed by atoms with Crippen LogP contribution in [-0.4, -0.2) is 11.2 Å². The molecule has 1 atom stereocenters. The maximum absolute atomic E-state index is 6.06. The summed E-state index contributed by atoms with van der Waals surface area (Å²) in [6.07, 6.45) is 5.23. The van der Waals surface area contributed by atoms with E-state index >= 15 is 0 Å². The van der Waals surface area contributed by atoms with Gasteiger partial charge in [0.2, 0.25) is 0 Å². The highest BCUT2D eigenvalue weighted by Gasteiger charge is 2.18. The average Bonchev–Trinajstić information content (AvgIpc) is 3.28. The first-order valence-electron chi connectivity index (χ1n) is 11.0. The number of nitrogens with one attached hydrogen (secondary N) is 2. The smallest absolute Gasteiger partial charge is 0.171 e. The Morgan fingerprint density at radius 3 is 2.32 bits per heavy atom. The maximum atomic E-state index is 6.06. The molecule has 3 nitrogen and oxygen atoms in total. The van der Waals surface area contributed by atoms with Crippen LogP contribution in [0.4, 0.5) is 5.69 Å². The minimum atomic E-state index is -0.0215. The Kier molecular flexibility index (Phi) is 6.88. The molecular weight excluding hydrogens is 400 g/mol. The molecular formula is C27H30N2OS. The quantitative estimate of drug-likeness (QED) is 0.426. The van der Waals surface area contributed by atoms with Crippen LogP contribution in [0.25, 0.3) is 0 Å². The molecule has 0 aromatic heterocycles. The van der Waals surface area contributed by atoms with Crippen LogP contribution in [0.5, 0.6) is 5.75 Å². The highest BCUT2D eigenvalue weighted by Crippen LogP contribution is 2.27. The molecule has 4 heteroatoms. The summed E-state index contributed by atoms with van der Waals surface area (Å²) in [6, 6.07) is 25.0. The molecule has 0 radical (unpaired) electrons. The number of benzene rings is 3. The molecule has 0 saturated heterocycles. The van der Waals surface area contributed by atoms with Crippen molar-refractivity contribution in [3.63, 3.8) is 0 Å². The summed E-state index contributed by atoms with van der Waals surface area (Å²) < 4.78 is 6.06. The van der Waals surface area contributed by atoms with Gasteiger partial charge in [0.15, 0.2) is 5.11 Å². The van der Waals surface area contributed by atoms with E-state index in [0.717, 1.165) is 24.3 Å². The largest absolute Gasteiger partial charge is 0.490 e. The van der Waals surface area contributed by atoms with Gasteiger partial charge in [-0.05, 0) is 92.7 Å². The first kappa shape index (κ1) is 21.4. The standard InChI is InChI=1S/C27H30N2OS/c1-19-12-17-25(20(2)18-19)26(21-8-4-3-5-9-21)29-27(31)28-22-13-15-24(16-14-22)30-23-10-6-7-11-23/h3-5,8-9,12-18,23,26H,6-7,10-11H2,1-2H3,(H2,28,29,31)/t26-/m1/s1. The van der Waals surface area contributed by atoms with Crippen molar-refractivity contribution in [3.8, 4) is 5.75 Å². The van der Waals surface area contributed by atoms with E-state index in [2.05, 4.69) is 66.9 Å². The molecule has 0 amide bonds. The molecule has 3 aromatic rings. The third-order valence-corrected chi connectivity index (χ3v) is 6.08. The first-order chi connectivity index (χ1) is 15.1. The van der Waals surface area contributed by atoms with Gasteiger partial charge in [0, 0.05) is 5.69 Å². The Hall–Kier alpha value is -2.85. The van der Waals surface area contributed by atoms with Gasteiger partial charge in [-0.2, -0.15) is 0 Å². The number of hydrogen-bond acceptors (Lipinski definition) is 2. The summed E-state index contributed by atoms with van der Waals surface area (Å²) in [7, 11) is 0. The van der Waals surface area contributed by atoms with Gasteiger partial charge in [-0.15, -0.1) is 0 Å². The van der Waals surface area contributed by atoms with Crippen molar-refractivity contribution in [2.24, 2.45) is 0 Å². The van der Waals surface area contributed by atoms with Crippen molar-refractivity contribution in [1.82, 2.24) is 5.32 Å². The fourth-order valence-electron chi connectivity index (χ4n) is 4.25. The van der Waals surface area contributed by atoms with Crippen molar-refractivity contribution < 1.29 is 4.74 Å². The Balaban J connectivity index is 1.46. The predicted molar refractivity (Wildman–Crippen MR) is 133 cm³/mol. The number of anilines is 1. The van der Waals surface area contributed by atoms with E-state index in [0.29, 0.717) is 11.2 Å². The van der Waals surface area contributed by atoms with Crippen LogP contribution >= 0.6 is 12.2 Å². The molecule has 0 heterocycles. The van der Waals surface area contributed by atoms with Crippen molar-refractivity contribution in [3.05, 3.63) is 95.1 Å². The van der Waals surface area contributed by atoms with E-state index in [-0.39, 0.29) is 6.04 Å². The minimum absolute atomic E-state index is 0.0215. The number of aryl methyl sites for hydroxylation is 2. The summed E-state index contributed by atoms with van der Waals surface area (Å²) in [4.78, 5) is 0. The molecule has 4 rings (SSSR count). The molecule has 1 aliphatic rings. The SMILES string of the molecule is Cc1ccc([C@H](NC(=S)Nc2ccc(OC3CCCC3)cc2)c2ccccc2)c(C)c1. The van der Waals surface area contributed by atoms with E-state index in [1.165, 1.54) is 35.1 Å². The van der Waals surface area contributed by atoms with E-state index < -0.39 is 0 Å². The normalized spacial score (nSPS) is 14.8. The molecule has 0 bridgehead atoms. The zero-order valence-electron chi connectivity index (χ0n) is 18.2. The molecule has 0 aliphatic heterocycles. The summed E-state index contributed by atoms with van der Waals surface area (Å²) in [5.74, 6) is 0.925. The van der Waals surface area contributed by atoms with E-state index in [4.69, 9.17) is 17.0 Å². The maximum Gasteiger partial charge on any atom is 0.171 e. The zero-order valence-corrected chi connectivity index (χ0v) is 19.0. The van der Waals surface area contributed by atoms with Crippen LogP contribution < -0.4 is 15.4 Å². The molecule has 1 fully saturated rings. The third kappa shape index (κ3) is 5.65. The van der Waals surface area contributed by atoms with Crippen molar-refractivity contribution >= 4 is 23.0 Å². The lowest BCUT2D eigenvalue weighted by molar-refractivity contribution is 0.210. The molecule has 0 unspecified atom stereocenters. The second-order valence-corrected chi connectivity index (χ2v) is 8.76. The lowest BCUT2D eigenvalue weighted by atomic mass is 9.94. The second kappa shape index (κ2) is 9.97. The summed E-state index contributed by atoms with van der Waals surface area (Å²) in [6.45, 7) is 4.27. The van der Waals surface area contributed by atoms with Gasteiger partial charge in [0.25, 0.3) is 0 Å². The molecule has 3 aromatic carbocycles. The van der Waals surface area contributed by atoms with Gasteiger partial charge >= 0.3 is 0 Å². The van der Waals surface area contributed by atoms with E-state index in [1.807, 2.05) is 30.3 Å². The summed E-state index contributed by atoms with van der Waals surface area (Å²) in [5, 5.41) is 7.44. The predicted octanol–water partition coefficient (Wildman–Crippen LogP) is 6.70. The van der Waals surface area contributed by atoms with Gasteiger partial charge in [-0.3, -0.25) is 0 Å². The Labute approximate surface area is 190 Å². The second-order valence-electron chi connectivity index (χ2n) is 8.35. The number of hydrogen-bond donors (Lipinski definition) is 2. The Morgan fingerprint density at radius 1 is 0.935 bits per heavy atom. The Morgan fingerprint density at radius 2 is 1.65 bits per heavy atom. The zero-order chi connectivity index (χ0) is 21.6. The van der Waals surface area contributed by atoms with E-state index in [1.54, 1.807) is 0 Å². The van der Waals surface area contributed by atoms with Gasteiger partial charge in [-0.25, -0.2) is 0 Å². The summed E-state index contributed by atoms with van der Waals surface area (Å²) in [5.41, 5.74) is 5.86. The Bertz CT molecular complexity index is 1010. The van der Waals surface area contributed by atoms with Crippen LogP contribution in [0.3, 0.4) is 0 Å².